The molecule has 0 bridgehead atoms. The zero-order chi connectivity index (χ0) is 11.4. The SMILES string of the molecule is COc1ncc(CN)c(C=O)c1C(F)F. The van der Waals surface area contributed by atoms with E-state index in [9.17, 15) is 13.6 Å². The van der Waals surface area contributed by atoms with Gasteiger partial charge in [-0.3, -0.25) is 4.79 Å². The summed E-state index contributed by atoms with van der Waals surface area (Å²) in [6, 6.07) is 0. The van der Waals surface area contributed by atoms with E-state index >= 15 is 0 Å². The predicted molar refractivity (Wildman–Crippen MR) is 49.0 cm³/mol. The maximum Gasteiger partial charge on any atom is 0.269 e. The summed E-state index contributed by atoms with van der Waals surface area (Å²) in [7, 11) is 1.21. The highest BCUT2D eigenvalue weighted by Crippen LogP contribution is 2.31. The molecule has 0 aliphatic rings. The summed E-state index contributed by atoms with van der Waals surface area (Å²) in [6.45, 7) is -0.0230. The molecule has 0 radical (unpaired) electrons. The molecule has 0 fully saturated rings. The van der Waals surface area contributed by atoms with Crippen molar-refractivity contribution in [1.29, 1.82) is 0 Å². The molecule has 0 aliphatic carbocycles. The van der Waals surface area contributed by atoms with Gasteiger partial charge in [0, 0.05) is 18.3 Å². The van der Waals surface area contributed by atoms with Gasteiger partial charge in [-0.2, -0.15) is 0 Å². The van der Waals surface area contributed by atoms with E-state index < -0.39 is 12.0 Å². The third-order valence-electron chi connectivity index (χ3n) is 1.95. The van der Waals surface area contributed by atoms with Crippen LogP contribution in [0.25, 0.3) is 0 Å². The van der Waals surface area contributed by atoms with Crippen LogP contribution in [0.2, 0.25) is 0 Å². The number of hydrogen-bond donors (Lipinski definition) is 1. The van der Waals surface area contributed by atoms with Crippen LogP contribution in [-0.4, -0.2) is 18.4 Å². The van der Waals surface area contributed by atoms with Gasteiger partial charge in [-0.05, 0) is 5.56 Å². The zero-order valence-electron chi connectivity index (χ0n) is 8.04. The molecule has 15 heavy (non-hydrogen) atoms. The Balaban J connectivity index is 3.44. The lowest BCUT2D eigenvalue weighted by molar-refractivity contribution is 0.110. The van der Waals surface area contributed by atoms with E-state index in [2.05, 4.69) is 9.72 Å². The number of carbonyl (C=O) groups excluding carboxylic acids is 1. The molecule has 0 amide bonds. The average molecular weight is 216 g/mol. The first-order valence-corrected chi connectivity index (χ1v) is 4.14. The minimum Gasteiger partial charge on any atom is -0.481 e. The summed E-state index contributed by atoms with van der Waals surface area (Å²) in [5.41, 5.74) is 4.94. The molecule has 82 valence electrons. The normalized spacial score (nSPS) is 10.5. The van der Waals surface area contributed by atoms with E-state index in [1.165, 1.54) is 13.3 Å². The molecule has 1 aromatic rings. The van der Waals surface area contributed by atoms with Crippen molar-refractivity contribution in [3.63, 3.8) is 0 Å². The molecule has 1 heterocycles. The predicted octanol–water partition coefficient (Wildman–Crippen LogP) is 1.30. The van der Waals surface area contributed by atoms with Crippen molar-refractivity contribution in [1.82, 2.24) is 4.98 Å². The molecular formula is C9H10F2N2O2. The van der Waals surface area contributed by atoms with Gasteiger partial charge in [-0.1, -0.05) is 0 Å². The highest BCUT2D eigenvalue weighted by atomic mass is 19.3. The molecule has 0 aromatic carbocycles. The van der Waals surface area contributed by atoms with Crippen LogP contribution < -0.4 is 10.5 Å². The van der Waals surface area contributed by atoms with E-state index in [1.54, 1.807) is 0 Å². The van der Waals surface area contributed by atoms with Gasteiger partial charge < -0.3 is 10.5 Å². The lowest BCUT2D eigenvalue weighted by atomic mass is 10.1. The summed E-state index contributed by atoms with van der Waals surface area (Å²) < 4.78 is 30.0. The molecule has 0 unspecified atom stereocenters. The maximum absolute atomic E-state index is 12.7. The van der Waals surface area contributed by atoms with E-state index in [1.807, 2.05) is 0 Å². The standard InChI is InChI=1S/C9H10F2N2O2/c1-15-9-7(8(10)11)6(4-14)5(2-12)3-13-9/h3-4,8H,2,12H2,1H3. The summed E-state index contributed by atoms with van der Waals surface area (Å²) in [6.07, 6.45) is -1.22. The third kappa shape index (κ3) is 2.10. The van der Waals surface area contributed by atoms with Crippen LogP contribution in [0.15, 0.2) is 6.20 Å². The number of aldehydes is 1. The molecule has 2 N–H and O–H groups in total. The molecule has 6 heteroatoms. The number of alkyl halides is 2. The van der Waals surface area contributed by atoms with Crippen LogP contribution in [0.4, 0.5) is 8.78 Å². The second-order valence-corrected chi connectivity index (χ2v) is 2.74. The number of carbonyl (C=O) groups is 1. The molecule has 1 aromatic heterocycles. The van der Waals surface area contributed by atoms with Gasteiger partial charge in [0.05, 0.1) is 12.7 Å². The van der Waals surface area contributed by atoms with Crippen molar-refractivity contribution in [2.75, 3.05) is 7.11 Å². The summed E-state index contributed by atoms with van der Waals surface area (Å²) >= 11 is 0. The van der Waals surface area contributed by atoms with Gasteiger partial charge in [0.2, 0.25) is 5.88 Å². The van der Waals surface area contributed by atoms with Crippen molar-refractivity contribution in [3.8, 4) is 5.88 Å². The first-order chi connectivity index (χ1) is 7.15. The number of methoxy groups -OCH3 is 1. The van der Waals surface area contributed by atoms with Gasteiger partial charge in [0.15, 0.2) is 6.29 Å². The van der Waals surface area contributed by atoms with Gasteiger partial charge in [0.25, 0.3) is 6.43 Å². The third-order valence-corrected chi connectivity index (χ3v) is 1.95. The Bertz CT molecular complexity index is 369. The Kier molecular flexibility index (Phi) is 3.68. The second-order valence-electron chi connectivity index (χ2n) is 2.74. The zero-order valence-corrected chi connectivity index (χ0v) is 8.04. The maximum atomic E-state index is 12.7. The number of nitrogens with zero attached hydrogens (tertiary/aromatic N) is 1. The Hall–Kier alpha value is -1.56. The molecule has 0 aliphatic heterocycles. The van der Waals surface area contributed by atoms with Crippen molar-refractivity contribution in [2.24, 2.45) is 5.73 Å². The van der Waals surface area contributed by atoms with Gasteiger partial charge in [-0.25, -0.2) is 13.8 Å². The number of nitrogens with two attached hydrogens (primary N) is 1. The van der Waals surface area contributed by atoms with Gasteiger partial charge in [-0.15, -0.1) is 0 Å². The lowest BCUT2D eigenvalue weighted by Gasteiger charge is -2.11. The number of ether oxygens (including phenoxy) is 1. The quantitative estimate of drug-likeness (QED) is 0.770. The first kappa shape index (κ1) is 11.5. The summed E-state index contributed by atoms with van der Waals surface area (Å²) in [5.74, 6) is -0.246. The minimum atomic E-state index is -2.82. The molecule has 0 saturated carbocycles. The number of aromatic nitrogens is 1. The van der Waals surface area contributed by atoms with Crippen molar-refractivity contribution in [3.05, 3.63) is 22.9 Å². The Morgan fingerprint density at radius 3 is 2.73 bits per heavy atom. The molecule has 0 atom stereocenters. The van der Waals surface area contributed by atoms with Crippen LogP contribution in [0.3, 0.4) is 0 Å². The van der Waals surface area contributed by atoms with Crippen LogP contribution >= 0.6 is 0 Å². The molecule has 0 spiro atoms. The van der Waals surface area contributed by atoms with E-state index in [-0.39, 0.29) is 23.6 Å². The number of hydrogen-bond acceptors (Lipinski definition) is 4. The largest absolute Gasteiger partial charge is 0.481 e. The summed E-state index contributed by atoms with van der Waals surface area (Å²) in [5, 5.41) is 0. The fraction of sp³-hybridized carbons (Fsp3) is 0.333. The van der Waals surface area contributed by atoms with Crippen molar-refractivity contribution < 1.29 is 18.3 Å². The summed E-state index contributed by atoms with van der Waals surface area (Å²) in [4.78, 5) is 14.4. The van der Waals surface area contributed by atoms with E-state index in [0.717, 1.165) is 0 Å². The van der Waals surface area contributed by atoms with Crippen LogP contribution in [-0.2, 0) is 6.54 Å². The molecule has 4 nitrogen and oxygen atoms in total. The smallest absolute Gasteiger partial charge is 0.269 e. The van der Waals surface area contributed by atoms with Crippen LogP contribution in [0.5, 0.6) is 5.88 Å². The molecule has 0 saturated heterocycles. The Morgan fingerprint density at radius 1 is 1.67 bits per heavy atom. The van der Waals surface area contributed by atoms with Crippen molar-refractivity contribution in [2.45, 2.75) is 13.0 Å². The fourth-order valence-electron chi connectivity index (χ4n) is 1.24. The topological polar surface area (TPSA) is 65.2 Å². The fourth-order valence-corrected chi connectivity index (χ4v) is 1.24. The number of pyridine rings is 1. The van der Waals surface area contributed by atoms with Crippen LogP contribution in [0.1, 0.15) is 27.9 Å². The first-order valence-electron chi connectivity index (χ1n) is 4.14. The van der Waals surface area contributed by atoms with Crippen LogP contribution in [0, 0.1) is 0 Å². The number of halogens is 2. The van der Waals surface area contributed by atoms with Gasteiger partial charge >= 0.3 is 0 Å². The molecular weight excluding hydrogens is 206 g/mol. The molecule has 1 rings (SSSR count). The highest BCUT2D eigenvalue weighted by molar-refractivity contribution is 5.80. The minimum absolute atomic E-state index is 0.0230. The average Bonchev–Trinajstić information content (AvgIpc) is 2.26. The monoisotopic (exact) mass is 216 g/mol. The van der Waals surface area contributed by atoms with Crippen molar-refractivity contribution >= 4 is 6.29 Å². The van der Waals surface area contributed by atoms with E-state index in [0.29, 0.717) is 6.29 Å². The second kappa shape index (κ2) is 4.79. The lowest BCUT2D eigenvalue weighted by Crippen LogP contribution is -2.08. The van der Waals surface area contributed by atoms with E-state index in [4.69, 9.17) is 5.73 Å². The highest BCUT2D eigenvalue weighted by Gasteiger charge is 2.22. The number of rotatable bonds is 4. The van der Waals surface area contributed by atoms with Gasteiger partial charge in [0.1, 0.15) is 0 Å². The Labute approximate surface area is 85.1 Å². The Morgan fingerprint density at radius 2 is 2.33 bits per heavy atom.